The lowest BCUT2D eigenvalue weighted by Crippen LogP contribution is -2.11. The molecule has 0 spiro atoms. The van der Waals surface area contributed by atoms with E-state index < -0.39 is 0 Å². The van der Waals surface area contributed by atoms with Gasteiger partial charge in [-0.25, -0.2) is 0 Å². The maximum atomic E-state index is 12.7. The van der Waals surface area contributed by atoms with Gasteiger partial charge in [0.15, 0.2) is 5.16 Å². The molecule has 0 saturated heterocycles. The summed E-state index contributed by atoms with van der Waals surface area (Å²) in [7, 11) is 3.28. The molecule has 1 heterocycles. The number of carbonyl (C=O) groups excluding carboxylic acids is 1. The third-order valence-corrected chi connectivity index (χ3v) is 7.16. The van der Waals surface area contributed by atoms with Gasteiger partial charge in [0.05, 0.1) is 19.9 Å². The number of amides is 1. The molecule has 0 aliphatic rings. The first-order chi connectivity index (χ1) is 19.1. The SMILES string of the molecule is COc1ccc(NC(=O)c2ccc(CSc3nnc(Cc4ccccc4)n3-c3ccccc3OC)cc2)cc1. The first-order valence-electron chi connectivity index (χ1n) is 12.4. The first kappa shape index (κ1) is 26.1. The zero-order valence-electron chi connectivity index (χ0n) is 21.7. The van der Waals surface area contributed by atoms with Gasteiger partial charge >= 0.3 is 0 Å². The van der Waals surface area contributed by atoms with Gasteiger partial charge in [-0.05, 0) is 59.7 Å². The van der Waals surface area contributed by atoms with Crippen molar-refractivity contribution in [2.45, 2.75) is 17.3 Å². The van der Waals surface area contributed by atoms with E-state index in [0.29, 0.717) is 23.4 Å². The summed E-state index contributed by atoms with van der Waals surface area (Å²) in [4.78, 5) is 12.7. The number of thioether (sulfide) groups is 1. The lowest BCUT2D eigenvalue weighted by Gasteiger charge is -2.14. The molecule has 0 aliphatic heterocycles. The molecule has 0 saturated carbocycles. The maximum Gasteiger partial charge on any atom is 0.255 e. The van der Waals surface area contributed by atoms with Crippen LogP contribution in [0.3, 0.4) is 0 Å². The number of rotatable bonds is 10. The summed E-state index contributed by atoms with van der Waals surface area (Å²) in [5, 5.41) is 12.8. The van der Waals surface area contributed by atoms with Gasteiger partial charge in [-0.2, -0.15) is 0 Å². The monoisotopic (exact) mass is 536 g/mol. The zero-order valence-corrected chi connectivity index (χ0v) is 22.5. The summed E-state index contributed by atoms with van der Waals surface area (Å²) in [6.07, 6.45) is 0.643. The molecule has 0 radical (unpaired) electrons. The van der Waals surface area contributed by atoms with Gasteiger partial charge in [-0.1, -0.05) is 66.4 Å². The second-order valence-corrected chi connectivity index (χ2v) is 9.68. The number of para-hydroxylation sites is 2. The molecule has 1 aromatic heterocycles. The highest BCUT2D eigenvalue weighted by Gasteiger charge is 2.18. The van der Waals surface area contributed by atoms with E-state index in [1.54, 1.807) is 26.0 Å². The average molecular weight is 537 g/mol. The highest BCUT2D eigenvalue weighted by atomic mass is 32.2. The van der Waals surface area contributed by atoms with Crippen LogP contribution in [0.2, 0.25) is 0 Å². The Kier molecular flexibility index (Phi) is 8.23. The van der Waals surface area contributed by atoms with Crippen LogP contribution in [-0.4, -0.2) is 34.9 Å². The Morgan fingerprint density at radius 3 is 2.23 bits per heavy atom. The molecule has 5 rings (SSSR count). The van der Waals surface area contributed by atoms with Gasteiger partial charge in [-0.3, -0.25) is 9.36 Å². The van der Waals surface area contributed by atoms with Crippen LogP contribution in [0.15, 0.2) is 108 Å². The second-order valence-electron chi connectivity index (χ2n) is 8.74. The lowest BCUT2D eigenvalue weighted by atomic mass is 10.1. The topological polar surface area (TPSA) is 78.3 Å². The number of hydrogen-bond acceptors (Lipinski definition) is 6. The normalized spacial score (nSPS) is 10.7. The molecule has 4 aromatic carbocycles. The van der Waals surface area contributed by atoms with Crippen LogP contribution in [-0.2, 0) is 12.2 Å². The highest BCUT2D eigenvalue weighted by Crippen LogP contribution is 2.31. The number of methoxy groups -OCH3 is 2. The van der Waals surface area contributed by atoms with Gasteiger partial charge in [-0.15, -0.1) is 10.2 Å². The number of ether oxygens (including phenoxy) is 2. The van der Waals surface area contributed by atoms with E-state index in [4.69, 9.17) is 9.47 Å². The van der Waals surface area contributed by atoms with Gasteiger partial charge < -0.3 is 14.8 Å². The predicted octanol–water partition coefficient (Wildman–Crippen LogP) is 6.42. The fourth-order valence-corrected chi connectivity index (χ4v) is 5.04. The van der Waals surface area contributed by atoms with Crippen LogP contribution in [0.5, 0.6) is 11.5 Å². The van der Waals surface area contributed by atoms with Crippen molar-refractivity contribution in [3.8, 4) is 17.2 Å². The van der Waals surface area contributed by atoms with Crippen LogP contribution >= 0.6 is 11.8 Å². The number of hydrogen-bond donors (Lipinski definition) is 1. The molecule has 0 fully saturated rings. The van der Waals surface area contributed by atoms with E-state index in [1.807, 2.05) is 91.0 Å². The van der Waals surface area contributed by atoms with E-state index >= 15 is 0 Å². The molecular weight excluding hydrogens is 508 g/mol. The summed E-state index contributed by atoms with van der Waals surface area (Å²) in [5.41, 5.74) is 4.41. The Morgan fingerprint density at radius 2 is 1.51 bits per heavy atom. The Balaban J connectivity index is 1.32. The fourth-order valence-electron chi connectivity index (χ4n) is 4.12. The third-order valence-electron chi connectivity index (χ3n) is 6.16. The van der Waals surface area contributed by atoms with E-state index in [9.17, 15) is 4.79 Å². The van der Waals surface area contributed by atoms with Gasteiger partial charge in [0, 0.05) is 23.4 Å². The van der Waals surface area contributed by atoms with Crippen LogP contribution < -0.4 is 14.8 Å². The van der Waals surface area contributed by atoms with Crippen molar-refractivity contribution in [1.82, 2.24) is 14.8 Å². The smallest absolute Gasteiger partial charge is 0.255 e. The molecule has 8 heteroatoms. The second kappa shape index (κ2) is 12.3. The van der Waals surface area contributed by atoms with Crippen molar-refractivity contribution in [1.29, 1.82) is 0 Å². The van der Waals surface area contributed by atoms with Crippen molar-refractivity contribution in [2.75, 3.05) is 19.5 Å². The number of anilines is 1. The molecule has 0 aliphatic carbocycles. The first-order valence-corrected chi connectivity index (χ1v) is 13.4. The summed E-state index contributed by atoms with van der Waals surface area (Å²) < 4.78 is 12.9. The molecule has 0 bridgehead atoms. The molecular formula is C31H28N4O3S. The molecule has 196 valence electrons. The lowest BCUT2D eigenvalue weighted by molar-refractivity contribution is 0.102. The Hall–Kier alpha value is -4.56. The highest BCUT2D eigenvalue weighted by molar-refractivity contribution is 7.98. The van der Waals surface area contributed by atoms with Crippen LogP contribution in [0.25, 0.3) is 5.69 Å². The van der Waals surface area contributed by atoms with Crippen molar-refractivity contribution < 1.29 is 14.3 Å². The summed E-state index contributed by atoms with van der Waals surface area (Å²) in [5.74, 6) is 2.82. The number of nitrogens with zero attached hydrogens (tertiary/aromatic N) is 3. The van der Waals surface area contributed by atoms with Crippen molar-refractivity contribution in [2.24, 2.45) is 0 Å². The zero-order chi connectivity index (χ0) is 27.0. The van der Waals surface area contributed by atoms with Crippen LogP contribution in [0.4, 0.5) is 5.69 Å². The summed E-state index contributed by atoms with van der Waals surface area (Å²) >= 11 is 1.59. The Labute approximate surface area is 231 Å². The fraction of sp³-hybridized carbons (Fsp3) is 0.129. The molecule has 1 amide bonds. The maximum absolute atomic E-state index is 12.7. The number of benzene rings is 4. The standard InChI is InChI=1S/C31H28N4O3S/c1-37-26-18-16-25(17-19-26)32-30(36)24-14-12-23(13-15-24)21-39-31-34-33-29(20-22-8-4-3-5-9-22)35(31)27-10-6-7-11-28(27)38-2/h3-19H,20-21H2,1-2H3,(H,32,36). The van der Waals surface area contributed by atoms with Gasteiger partial charge in [0.25, 0.3) is 5.91 Å². The van der Waals surface area contributed by atoms with E-state index in [2.05, 4.69) is 32.2 Å². The largest absolute Gasteiger partial charge is 0.497 e. The minimum Gasteiger partial charge on any atom is -0.497 e. The molecule has 5 aromatic rings. The molecule has 39 heavy (non-hydrogen) atoms. The molecule has 0 unspecified atom stereocenters. The third kappa shape index (κ3) is 6.30. The van der Waals surface area contributed by atoms with Crippen LogP contribution in [0.1, 0.15) is 27.3 Å². The quantitative estimate of drug-likeness (QED) is 0.208. The molecule has 0 atom stereocenters. The van der Waals surface area contributed by atoms with Crippen molar-refractivity contribution in [3.63, 3.8) is 0 Å². The van der Waals surface area contributed by atoms with Crippen molar-refractivity contribution in [3.05, 3.63) is 126 Å². The molecule has 7 nitrogen and oxygen atoms in total. The average Bonchev–Trinajstić information content (AvgIpc) is 3.39. The number of nitrogens with one attached hydrogen (secondary N) is 1. The number of aromatic nitrogens is 3. The van der Waals surface area contributed by atoms with Gasteiger partial charge in [0.1, 0.15) is 17.3 Å². The Bertz CT molecular complexity index is 1530. The Morgan fingerprint density at radius 1 is 0.795 bits per heavy atom. The molecule has 1 N–H and O–H groups in total. The predicted molar refractivity (Wildman–Crippen MR) is 154 cm³/mol. The minimum atomic E-state index is -0.166. The van der Waals surface area contributed by atoms with E-state index in [1.165, 1.54) is 0 Å². The summed E-state index contributed by atoms with van der Waals surface area (Å²) in [6, 6.07) is 32.9. The van der Waals surface area contributed by atoms with E-state index in [-0.39, 0.29) is 5.91 Å². The summed E-state index contributed by atoms with van der Waals surface area (Å²) in [6.45, 7) is 0. The van der Waals surface area contributed by atoms with Crippen molar-refractivity contribution >= 4 is 23.4 Å². The number of carbonyl (C=O) groups is 1. The minimum absolute atomic E-state index is 0.166. The van der Waals surface area contributed by atoms with E-state index in [0.717, 1.165) is 39.3 Å². The van der Waals surface area contributed by atoms with Crippen LogP contribution in [0, 0.1) is 0 Å². The van der Waals surface area contributed by atoms with Gasteiger partial charge in [0.2, 0.25) is 0 Å².